The standard InChI is InChI=1S/C16H24N2O2/c1-4-20-15(19)16(17-2,13-10-11-13)12-18(3)14-8-6-5-7-9-14/h5-9,13,17H,4,10-12H2,1-3H3. The number of carbonyl (C=O) groups is 1. The van der Waals surface area contributed by atoms with Crippen LogP contribution in [0.4, 0.5) is 5.69 Å². The Morgan fingerprint density at radius 1 is 1.40 bits per heavy atom. The smallest absolute Gasteiger partial charge is 0.328 e. The highest BCUT2D eigenvalue weighted by Crippen LogP contribution is 2.41. The fraction of sp³-hybridized carbons (Fsp3) is 0.562. The van der Waals surface area contributed by atoms with E-state index in [2.05, 4.69) is 22.3 Å². The lowest BCUT2D eigenvalue weighted by molar-refractivity contribution is -0.151. The molecule has 0 amide bonds. The summed E-state index contributed by atoms with van der Waals surface area (Å²) in [6, 6.07) is 10.1. The number of hydrogen-bond donors (Lipinski definition) is 1. The van der Waals surface area contributed by atoms with Gasteiger partial charge in [-0.3, -0.25) is 0 Å². The fourth-order valence-electron chi connectivity index (χ4n) is 2.73. The van der Waals surface area contributed by atoms with Crippen LogP contribution in [-0.2, 0) is 9.53 Å². The number of para-hydroxylation sites is 1. The van der Waals surface area contributed by atoms with Crippen LogP contribution >= 0.6 is 0 Å². The molecule has 0 spiro atoms. The van der Waals surface area contributed by atoms with Crippen LogP contribution in [0.25, 0.3) is 0 Å². The summed E-state index contributed by atoms with van der Waals surface area (Å²) in [4.78, 5) is 14.5. The van der Waals surface area contributed by atoms with E-state index in [1.165, 1.54) is 0 Å². The van der Waals surface area contributed by atoms with Crippen LogP contribution in [0, 0.1) is 5.92 Å². The molecule has 0 heterocycles. The highest BCUT2D eigenvalue weighted by molar-refractivity contribution is 5.83. The van der Waals surface area contributed by atoms with Crippen LogP contribution in [0.2, 0.25) is 0 Å². The summed E-state index contributed by atoms with van der Waals surface area (Å²) in [5.41, 5.74) is 0.512. The van der Waals surface area contributed by atoms with Crippen LogP contribution < -0.4 is 10.2 Å². The van der Waals surface area contributed by atoms with Gasteiger partial charge in [0.2, 0.25) is 0 Å². The summed E-state index contributed by atoms with van der Waals surface area (Å²) in [5, 5.41) is 3.25. The van der Waals surface area contributed by atoms with Crippen molar-refractivity contribution in [2.75, 3.05) is 32.1 Å². The van der Waals surface area contributed by atoms with E-state index >= 15 is 0 Å². The van der Waals surface area contributed by atoms with Gasteiger partial charge in [0.25, 0.3) is 0 Å². The Balaban J connectivity index is 2.17. The Bertz CT molecular complexity index is 445. The SMILES string of the molecule is CCOC(=O)C(CN(C)c1ccccc1)(NC)C1CC1. The molecule has 1 aromatic carbocycles. The quantitative estimate of drug-likeness (QED) is 0.774. The molecule has 0 saturated heterocycles. The number of carbonyl (C=O) groups excluding carboxylic acids is 1. The molecule has 4 nitrogen and oxygen atoms in total. The molecule has 1 fully saturated rings. The van der Waals surface area contributed by atoms with Crippen LogP contribution in [0.5, 0.6) is 0 Å². The lowest BCUT2D eigenvalue weighted by atomic mass is 9.92. The van der Waals surface area contributed by atoms with Crippen molar-refractivity contribution in [1.29, 1.82) is 0 Å². The number of benzene rings is 1. The Morgan fingerprint density at radius 3 is 2.55 bits per heavy atom. The van der Waals surface area contributed by atoms with Gasteiger partial charge in [-0.2, -0.15) is 0 Å². The number of hydrogen-bond acceptors (Lipinski definition) is 4. The predicted octanol–water partition coefficient (Wildman–Crippen LogP) is 2.05. The van der Waals surface area contributed by atoms with Crippen molar-refractivity contribution >= 4 is 11.7 Å². The van der Waals surface area contributed by atoms with Crippen LogP contribution in [-0.4, -0.2) is 38.8 Å². The Kier molecular flexibility index (Phi) is 4.65. The molecule has 1 saturated carbocycles. The first kappa shape index (κ1) is 14.9. The lowest BCUT2D eigenvalue weighted by Gasteiger charge is -2.36. The van der Waals surface area contributed by atoms with E-state index in [-0.39, 0.29) is 5.97 Å². The third-order valence-electron chi connectivity index (χ3n) is 4.04. The Hall–Kier alpha value is -1.55. The molecule has 4 heteroatoms. The predicted molar refractivity (Wildman–Crippen MR) is 80.9 cm³/mol. The van der Waals surface area contributed by atoms with Crippen molar-refractivity contribution in [1.82, 2.24) is 5.32 Å². The zero-order valence-corrected chi connectivity index (χ0v) is 12.6. The van der Waals surface area contributed by atoms with Gasteiger partial charge in [0.05, 0.1) is 6.61 Å². The summed E-state index contributed by atoms with van der Waals surface area (Å²) in [6.07, 6.45) is 2.17. The van der Waals surface area contributed by atoms with Gasteiger partial charge in [-0.05, 0) is 44.9 Å². The summed E-state index contributed by atoms with van der Waals surface area (Å²) in [6.45, 7) is 2.90. The molecule has 1 aliphatic carbocycles. The minimum absolute atomic E-state index is 0.132. The third kappa shape index (κ3) is 2.96. The first-order valence-electron chi connectivity index (χ1n) is 7.26. The number of nitrogens with zero attached hydrogens (tertiary/aromatic N) is 1. The summed E-state index contributed by atoms with van der Waals surface area (Å²) in [7, 11) is 3.87. The van der Waals surface area contributed by atoms with E-state index in [4.69, 9.17) is 4.74 Å². The molecular weight excluding hydrogens is 252 g/mol. The maximum Gasteiger partial charge on any atom is 0.328 e. The normalized spacial score (nSPS) is 17.4. The van der Waals surface area contributed by atoms with Crippen LogP contribution in [0.3, 0.4) is 0 Å². The molecule has 1 aromatic rings. The monoisotopic (exact) mass is 276 g/mol. The van der Waals surface area contributed by atoms with Gasteiger partial charge in [0, 0.05) is 19.3 Å². The molecule has 0 bridgehead atoms. The van der Waals surface area contributed by atoms with Crippen molar-refractivity contribution in [2.45, 2.75) is 25.3 Å². The maximum atomic E-state index is 12.4. The molecular formula is C16H24N2O2. The van der Waals surface area contributed by atoms with Crippen molar-refractivity contribution < 1.29 is 9.53 Å². The van der Waals surface area contributed by atoms with Crippen molar-refractivity contribution in [3.05, 3.63) is 30.3 Å². The Labute approximate surface area is 121 Å². The number of esters is 1. The van der Waals surface area contributed by atoms with Crippen LogP contribution in [0.1, 0.15) is 19.8 Å². The molecule has 0 radical (unpaired) electrons. The second kappa shape index (κ2) is 6.27. The van der Waals surface area contributed by atoms with Crippen molar-refractivity contribution in [3.8, 4) is 0 Å². The zero-order valence-electron chi connectivity index (χ0n) is 12.6. The molecule has 0 aliphatic heterocycles. The topological polar surface area (TPSA) is 41.6 Å². The molecule has 1 atom stereocenters. The number of ether oxygens (including phenoxy) is 1. The van der Waals surface area contributed by atoms with E-state index in [0.29, 0.717) is 19.1 Å². The largest absolute Gasteiger partial charge is 0.465 e. The molecule has 20 heavy (non-hydrogen) atoms. The highest BCUT2D eigenvalue weighted by Gasteiger charge is 2.51. The second-order valence-electron chi connectivity index (χ2n) is 5.41. The maximum absolute atomic E-state index is 12.4. The summed E-state index contributed by atoms with van der Waals surface area (Å²) >= 11 is 0. The molecule has 0 aromatic heterocycles. The van der Waals surface area contributed by atoms with Crippen molar-refractivity contribution in [3.63, 3.8) is 0 Å². The average molecular weight is 276 g/mol. The van der Waals surface area contributed by atoms with Gasteiger partial charge in [0.15, 0.2) is 0 Å². The number of nitrogens with one attached hydrogen (secondary N) is 1. The van der Waals surface area contributed by atoms with Gasteiger partial charge in [-0.1, -0.05) is 18.2 Å². The second-order valence-corrected chi connectivity index (χ2v) is 5.41. The van der Waals surface area contributed by atoms with E-state index in [1.807, 2.05) is 39.2 Å². The van der Waals surface area contributed by atoms with Crippen LogP contribution in [0.15, 0.2) is 30.3 Å². The highest BCUT2D eigenvalue weighted by atomic mass is 16.5. The molecule has 1 aliphatic rings. The minimum atomic E-state index is -0.597. The van der Waals surface area contributed by atoms with E-state index < -0.39 is 5.54 Å². The first-order chi connectivity index (χ1) is 9.64. The first-order valence-corrected chi connectivity index (χ1v) is 7.26. The number of anilines is 1. The fourth-order valence-corrected chi connectivity index (χ4v) is 2.73. The minimum Gasteiger partial charge on any atom is -0.465 e. The third-order valence-corrected chi connectivity index (χ3v) is 4.04. The zero-order chi connectivity index (χ0) is 14.6. The van der Waals surface area contributed by atoms with Gasteiger partial charge in [-0.25, -0.2) is 4.79 Å². The van der Waals surface area contributed by atoms with E-state index in [1.54, 1.807) is 0 Å². The molecule has 1 N–H and O–H groups in total. The van der Waals surface area contributed by atoms with Crippen molar-refractivity contribution in [2.24, 2.45) is 5.92 Å². The van der Waals surface area contributed by atoms with Gasteiger partial charge < -0.3 is 15.0 Å². The van der Waals surface area contributed by atoms with Gasteiger partial charge >= 0.3 is 5.97 Å². The van der Waals surface area contributed by atoms with Gasteiger partial charge in [0.1, 0.15) is 5.54 Å². The molecule has 2 rings (SSSR count). The van der Waals surface area contributed by atoms with E-state index in [0.717, 1.165) is 18.5 Å². The van der Waals surface area contributed by atoms with Gasteiger partial charge in [-0.15, -0.1) is 0 Å². The Morgan fingerprint density at radius 2 is 2.05 bits per heavy atom. The summed E-state index contributed by atoms with van der Waals surface area (Å²) < 4.78 is 5.31. The number of rotatable bonds is 7. The molecule has 1 unspecified atom stereocenters. The number of likely N-dealkylation sites (N-methyl/N-ethyl adjacent to an activating group) is 2. The average Bonchev–Trinajstić information content (AvgIpc) is 3.30. The summed E-state index contributed by atoms with van der Waals surface area (Å²) in [5.74, 6) is 0.241. The molecule has 110 valence electrons. The van der Waals surface area contributed by atoms with E-state index in [9.17, 15) is 4.79 Å². The lowest BCUT2D eigenvalue weighted by Crippen LogP contribution is -2.59.